The van der Waals surface area contributed by atoms with Crippen LogP contribution < -0.4 is 5.32 Å². The first-order valence-corrected chi connectivity index (χ1v) is 4.87. The van der Waals surface area contributed by atoms with Crippen LogP contribution in [0.3, 0.4) is 0 Å². The second kappa shape index (κ2) is 4.47. The van der Waals surface area contributed by atoms with Crippen LogP contribution >= 0.6 is 0 Å². The topological polar surface area (TPSA) is 35.8 Å². The van der Waals surface area contributed by atoms with Gasteiger partial charge >= 0.3 is 0 Å². The van der Waals surface area contributed by atoms with E-state index in [0.717, 1.165) is 12.5 Å². The Morgan fingerprint density at radius 3 is 2.83 bits per heavy atom. The van der Waals surface area contributed by atoms with Crippen LogP contribution in [0.25, 0.3) is 0 Å². The van der Waals surface area contributed by atoms with Crippen LogP contribution in [0, 0.1) is 23.2 Å². The monoisotopic (exact) mass is 166 g/mol. The molecule has 68 valence electrons. The Kier molecular flexibility index (Phi) is 3.55. The van der Waals surface area contributed by atoms with Gasteiger partial charge in [0.25, 0.3) is 0 Å². The van der Waals surface area contributed by atoms with Gasteiger partial charge in [-0.05, 0) is 25.7 Å². The van der Waals surface area contributed by atoms with Gasteiger partial charge in [-0.3, -0.25) is 0 Å². The Bertz CT molecular complexity index is 171. The average molecular weight is 166 g/mol. The fraction of sp³-hybridized carbons (Fsp3) is 0.900. The molecule has 0 spiro atoms. The molecule has 12 heavy (non-hydrogen) atoms. The maximum absolute atomic E-state index is 8.58. The summed E-state index contributed by atoms with van der Waals surface area (Å²) in [5.74, 6) is 0.952. The van der Waals surface area contributed by atoms with Gasteiger partial charge in [-0.25, -0.2) is 0 Å². The fourth-order valence-electron chi connectivity index (χ4n) is 1.82. The predicted molar refractivity (Wildman–Crippen MR) is 49.6 cm³/mol. The summed E-state index contributed by atoms with van der Waals surface area (Å²) in [5, 5.41) is 12.0. The van der Waals surface area contributed by atoms with E-state index in [1.54, 1.807) is 0 Å². The highest BCUT2D eigenvalue weighted by Gasteiger charge is 2.22. The van der Waals surface area contributed by atoms with Gasteiger partial charge in [0, 0.05) is 12.6 Å². The molecular weight excluding hydrogens is 148 g/mol. The summed E-state index contributed by atoms with van der Waals surface area (Å²) >= 11 is 0. The second-order valence-electron chi connectivity index (χ2n) is 3.95. The van der Waals surface area contributed by atoms with Crippen molar-refractivity contribution in [2.45, 2.75) is 39.2 Å². The third-order valence-electron chi connectivity index (χ3n) is 2.77. The number of hydrogen-bond donors (Lipinski definition) is 1. The van der Waals surface area contributed by atoms with Crippen LogP contribution in [0.5, 0.6) is 0 Å². The standard InChI is InChI=1S/C10H18N2/c1-8(6-11)7-12-10-5-3-4-9(10)2/h8-10,12H,3-5,7H2,1-2H3. The Hall–Kier alpha value is -0.550. The number of nitrogens with one attached hydrogen (secondary N) is 1. The summed E-state index contributed by atoms with van der Waals surface area (Å²) in [6.07, 6.45) is 3.98. The van der Waals surface area contributed by atoms with E-state index in [0.29, 0.717) is 6.04 Å². The Balaban J connectivity index is 2.19. The Morgan fingerprint density at radius 1 is 1.58 bits per heavy atom. The maximum Gasteiger partial charge on any atom is 0.0666 e. The van der Waals surface area contributed by atoms with Gasteiger partial charge < -0.3 is 5.32 Å². The van der Waals surface area contributed by atoms with Crippen molar-refractivity contribution >= 4 is 0 Å². The maximum atomic E-state index is 8.58. The summed E-state index contributed by atoms with van der Waals surface area (Å²) in [6, 6.07) is 2.91. The largest absolute Gasteiger partial charge is 0.312 e. The van der Waals surface area contributed by atoms with E-state index in [2.05, 4.69) is 18.3 Å². The highest BCUT2D eigenvalue weighted by molar-refractivity contribution is 4.85. The van der Waals surface area contributed by atoms with Gasteiger partial charge in [0.2, 0.25) is 0 Å². The normalized spacial score (nSPS) is 31.4. The van der Waals surface area contributed by atoms with Gasteiger partial charge in [-0.15, -0.1) is 0 Å². The van der Waals surface area contributed by atoms with Crippen LogP contribution in [0.15, 0.2) is 0 Å². The molecule has 0 saturated heterocycles. The lowest BCUT2D eigenvalue weighted by molar-refractivity contribution is 0.412. The molecule has 0 heterocycles. The molecule has 0 aromatic carbocycles. The van der Waals surface area contributed by atoms with Gasteiger partial charge in [-0.2, -0.15) is 5.26 Å². The Morgan fingerprint density at radius 2 is 2.33 bits per heavy atom. The second-order valence-corrected chi connectivity index (χ2v) is 3.95. The zero-order valence-electron chi connectivity index (χ0n) is 8.01. The molecule has 1 aliphatic rings. The molecule has 1 fully saturated rings. The quantitative estimate of drug-likeness (QED) is 0.695. The molecule has 0 radical (unpaired) electrons. The number of rotatable bonds is 3. The average Bonchev–Trinajstić information content (AvgIpc) is 2.47. The molecule has 0 amide bonds. The van der Waals surface area contributed by atoms with Gasteiger partial charge in [-0.1, -0.05) is 13.3 Å². The molecule has 0 aromatic heterocycles. The molecule has 1 rings (SSSR count). The van der Waals surface area contributed by atoms with Crippen molar-refractivity contribution in [3.8, 4) is 6.07 Å². The minimum Gasteiger partial charge on any atom is -0.312 e. The fourth-order valence-corrected chi connectivity index (χ4v) is 1.82. The highest BCUT2D eigenvalue weighted by atomic mass is 14.9. The first-order chi connectivity index (χ1) is 5.74. The van der Waals surface area contributed by atoms with E-state index in [4.69, 9.17) is 5.26 Å². The van der Waals surface area contributed by atoms with E-state index in [1.165, 1.54) is 19.3 Å². The van der Waals surface area contributed by atoms with Crippen LogP contribution in [0.1, 0.15) is 33.1 Å². The molecule has 2 heteroatoms. The van der Waals surface area contributed by atoms with Crippen LogP contribution in [0.2, 0.25) is 0 Å². The predicted octanol–water partition coefficient (Wildman–Crippen LogP) is 1.92. The van der Waals surface area contributed by atoms with Crippen LogP contribution in [0.4, 0.5) is 0 Å². The lowest BCUT2D eigenvalue weighted by Gasteiger charge is -2.17. The molecule has 1 N–H and O–H groups in total. The summed E-state index contributed by atoms with van der Waals surface area (Å²) in [7, 11) is 0. The first kappa shape index (κ1) is 9.54. The number of nitrogens with zero attached hydrogens (tertiary/aromatic N) is 1. The van der Waals surface area contributed by atoms with Crippen LogP contribution in [-0.2, 0) is 0 Å². The SMILES string of the molecule is CC(C#N)CNC1CCCC1C. The molecule has 3 unspecified atom stereocenters. The van der Waals surface area contributed by atoms with Crippen LogP contribution in [-0.4, -0.2) is 12.6 Å². The van der Waals surface area contributed by atoms with Crippen molar-refractivity contribution in [3.05, 3.63) is 0 Å². The third-order valence-corrected chi connectivity index (χ3v) is 2.77. The summed E-state index contributed by atoms with van der Waals surface area (Å²) in [4.78, 5) is 0. The third kappa shape index (κ3) is 2.49. The smallest absolute Gasteiger partial charge is 0.0666 e. The summed E-state index contributed by atoms with van der Waals surface area (Å²) < 4.78 is 0. The van der Waals surface area contributed by atoms with Crippen molar-refractivity contribution in [1.82, 2.24) is 5.32 Å². The molecule has 1 saturated carbocycles. The molecule has 2 nitrogen and oxygen atoms in total. The molecule has 0 aliphatic heterocycles. The van der Waals surface area contributed by atoms with Crippen molar-refractivity contribution in [2.75, 3.05) is 6.54 Å². The molecular formula is C10H18N2. The lowest BCUT2D eigenvalue weighted by Crippen LogP contribution is -2.34. The van der Waals surface area contributed by atoms with Crippen molar-refractivity contribution in [3.63, 3.8) is 0 Å². The first-order valence-electron chi connectivity index (χ1n) is 4.87. The number of nitriles is 1. The lowest BCUT2D eigenvalue weighted by atomic mass is 10.1. The summed E-state index contributed by atoms with van der Waals surface area (Å²) in [5.41, 5.74) is 0. The van der Waals surface area contributed by atoms with Gasteiger partial charge in [0.15, 0.2) is 0 Å². The van der Waals surface area contributed by atoms with Crippen molar-refractivity contribution in [1.29, 1.82) is 5.26 Å². The van der Waals surface area contributed by atoms with E-state index in [9.17, 15) is 0 Å². The van der Waals surface area contributed by atoms with E-state index >= 15 is 0 Å². The van der Waals surface area contributed by atoms with Crippen molar-refractivity contribution < 1.29 is 0 Å². The summed E-state index contributed by atoms with van der Waals surface area (Å²) in [6.45, 7) is 5.11. The van der Waals surface area contributed by atoms with E-state index in [-0.39, 0.29) is 5.92 Å². The minimum absolute atomic E-state index is 0.151. The molecule has 0 aromatic rings. The van der Waals surface area contributed by atoms with E-state index in [1.807, 2.05) is 6.92 Å². The highest BCUT2D eigenvalue weighted by Crippen LogP contribution is 2.24. The van der Waals surface area contributed by atoms with Gasteiger partial charge in [0.1, 0.15) is 0 Å². The van der Waals surface area contributed by atoms with E-state index < -0.39 is 0 Å². The Labute approximate surface area is 75.0 Å². The zero-order valence-corrected chi connectivity index (χ0v) is 8.01. The number of hydrogen-bond acceptors (Lipinski definition) is 2. The molecule has 0 bridgehead atoms. The van der Waals surface area contributed by atoms with Crippen molar-refractivity contribution in [2.24, 2.45) is 11.8 Å². The zero-order chi connectivity index (χ0) is 8.97. The molecule has 1 aliphatic carbocycles. The molecule has 3 atom stereocenters. The minimum atomic E-state index is 0.151. The van der Waals surface area contributed by atoms with Gasteiger partial charge in [0.05, 0.1) is 12.0 Å².